The van der Waals surface area contributed by atoms with Gasteiger partial charge in [-0.3, -0.25) is 14.3 Å². The molecule has 0 N–H and O–H groups in total. The standard InChI is InChI=1S/C44H60N3O2/c1-5-6-7-8-9-10-11-12-13-14-15-16-17-18-19-20-21-22-23-24-44(48)49-36-47(4)32-30-43-41(35-47)40-33-37(2)25-28-42(40)46(43)31-29-39-27-26-38(3)45-34-39/h6-7,9-10,12-13,15-16,18-19,25-28,33-34H,5,8,11,14,17,20-24,29-32,35-36H2,1-4H3/q+1/b7-6+,10-9+,13-12+,16-15+,19-18+. The summed E-state index contributed by atoms with van der Waals surface area (Å²) in [7, 11) is 2.23. The summed E-state index contributed by atoms with van der Waals surface area (Å²) in [5, 5.41) is 1.35. The van der Waals surface area contributed by atoms with Crippen LogP contribution in [0.5, 0.6) is 0 Å². The second-order valence-electron chi connectivity index (χ2n) is 13.9. The van der Waals surface area contributed by atoms with E-state index in [0.717, 1.165) is 100 Å². The average Bonchev–Trinajstić information content (AvgIpc) is 3.39. The minimum absolute atomic E-state index is 0.0648. The van der Waals surface area contributed by atoms with E-state index in [2.05, 4.69) is 122 Å². The fraction of sp³-hybridized carbons (Fsp3) is 0.455. The number of benzene rings is 1. The van der Waals surface area contributed by atoms with Crippen LogP contribution in [0.2, 0.25) is 0 Å². The zero-order valence-corrected chi connectivity index (χ0v) is 30.7. The van der Waals surface area contributed by atoms with Gasteiger partial charge >= 0.3 is 5.97 Å². The van der Waals surface area contributed by atoms with E-state index in [1.54, 1.807) is 0 Å². The van der Waals surface area contributed by atoms with Gasteiger partial charge in [0.1, 0.15) is 6.54 Å². The number of allylic oxidation sites excluding steroid dienone is 10. The molecule has 0 saturated heterocycles. The number of pyridine rings is 1. The second-order valence-corrected chi connectivity index (χ2v) is 13.9. The van der Waals surface area contributed by atoms with Crippen LogP contribution in [0.25, 0.3) is 10.9 Å². The van der Waals surface area contributed by atoms with Crippen LogP contribution in [0.15, 0.2) is 97.3 Å². The molecule has 1 atom stereocenters. The fourth-order valence-electron chi connectivity index (χ4n) is 6.52. The van der Waals surface area contributed by atoms with Crippen molar-refractivity contribution in [1.82, 2.24) is 9.55 Å². The van der Waals surface area contributed by atoms with Crippen molar-refractivity contribution in [2.45, 2.75) is 111 Å². The summed E-state index contributed by atoms with van der Waals surface area (Å²) in [6.07, 6.45) is 36.0. The quantitative estimate of drug-likeness (QED) is 0.0523. The summed E-state index contributed by atoms with van der Waals surface area (Å²) in [6, 6.07) is 11.1. The molecule has 49 heavy (non-hydrogen) atoms. The molecule has 2 aromatic heterocycles. The zero-order chi connectivity index (χ0) is 34.7. The number of aryl methyl sites for hydroxylation is 4. The summed E-state index contributed by atoms with van der Waals surface area (Å²) in [5.41, 5.74) is 7.77. The van der Waals surface area contributed by atoms with E-state index in [1.807, 2.05) is 13.1 Å². The van der Waals surface area contributed by atoms with Crippen molar-refractivity contribution >= 4 is 16.9 Å². The molecule has 1 aliphatic rings. The largest absolute Gasteiger partial charge is 0.415 e. The molecule has 262 valence electrons. The van der Waals surface area contributed by atoms with E-state index >= 15 is 0 Å². The molecule has 3 heterocycles. The lowest BCUT2D eigenvalue weighted by atomic mass is 10.0. The summed E-state index contributed by atoms with van der Waals surface area (Å²) >= 11 is 0. The van der Waals surface area contributed by atoms with Crippen molar-refractivity contribution in [2.75, 3.05) is 20.3 Å². The van der Waals surface area contributed by atoms with Crippen molar-refractivity contribution in [1.29, 1.82) is 0 Å². The van der Waals surface area contributed by atoms with Gasteiger partial charge in [0.15, 0.2) is 0 Å². The van der Waals surface area contributed by atoms with Crippen LogP contribution in [0.1, 0.15) is 99.2 Å². The summed E-state index contributed by atoms with van der Waals surface area (Å²) in [4.78, 5) is 17.2. The van der Waals surface area contributed by atoms with Gasteiger partial charge in [-0.25, -0.2) is 0 Å². The van der Waals surface area contributed by atoms with Gasteiger partial charge in [0, 0.05) is 53.4 Å². The first-order valence-electron chi connectivity index (χ1n) is 18.6. The Kier molecular flexibility index (Phi) is 15.9. The van der Waals surface area contributed by atoms with Gasteiger partial charge < -0.3 is 9.30 Å². The second kappa shape index (κ2) is 20.5. The number of likely N-dealkylation sites (N-methyl/N-ethyl adjacent to an activating group) is 1. The Morgan fingerprint density at radius 1 is 0.878 bits per heavy atom. The Hall–Kier alpha value is -3.96. The van der Waals surface area contributed by atoms with Crippen LogP contribution in [0.3, 0.4) is 0 Å². The van der Waals surface area contributed by atoms with Crippen molar-refractivity contribution in [3.05, 3.63) is 125 Å². The highest BCUT2D eigenvalue weighted by molar-refractivity contribution is 5.86. The molecule has 5 nitrogen and oxygen atoms in total. The molecule has 0 spiro atoms. The summed E-state index contributed by atoms with van der Waals surface area (Å²) in [6.45, 7) is 9.59. The van der Waals surface area contributed by atoms with Crippen molar-refractivity contribution in [3.63, 3.8) is 0 Å². The number of ether oxygens (including phenoxy) is 1. The first-order chi connectivity index (χ1) is 23.9. The first kappa shape index (κ1) is 37.9. The Labute approximate surface area is 296 Å². The lowest BCUT2D eigenvalue weighted by Gasteiger charge is -2.37. The highest BCUT2D eigenvalue weighted by Crippen LogP contribution is 2.34. The third-order valence-corrected chi connectivity index (χ3v) is 9.41. The third-order valence-electron chi connectivity index (χ3n) is 9.41. The number of nitrogens with zero attached hydrogens (tertiary/aromatic N) is 3. The molecule has 3 aromatic rings. The molecule has 5 heteroatoms. The molecule has 1 aromatic carbocycles. The number of aromatic nitrogens is 2. The SMILES string of the molecule is CC/C=C/C/C=C/C/C=C/C/C=C/C/C=C/CCCCCC(=O)OC[N+]1(C)CCc2c(c3cc(C)ccc3n2CCc2ccc(C)nc2)C1. The molecule has 0 saturated carbocycles. The normalized spacial score (nSPS) is 16.7. The van der Waals surface area contributed by atoms with Gasteiger partial charge in [0.2, 0.25) is 6.73 Å². The van der Waals surface area contributed by atoms with Crippen molar-refractivity contribution in [2.24, 2.45) is 0 Å². The molecule has 1 aliphatic heterocycles. The van der Waals surface area contributed by atoms with E-state index in [9.17, 15) is 4.79 Å². The Morgan fingerprint density at radius 3 is 2.24 bits per heavy atom. The van der Waals surface area contributed by atoms with Gasteiger partial charge in [-0.2, -0.15) is 0 Å². The molecule has 1 unspecified atom stereocenters. The smallest absolute Gasteiger partial charge is 0.310 e. The lowest BCUT2D eigenvalue weighted by molar-refractivity contribution is -0.940. The number of rotatable bonds is 20. The maximum absolute atomic E-state index is 12.7. The van der Waals surface area contributed by atoms with Gasteiger partial charge in [0.05, 0.1) is 13.6 Å². The van der Waals surface area contributed by atoms with E-state index in [1.165, 1.54) is 33.3 Å². The Bertz CT molecular complexity index is 1610. The van der Waals surface area contributed by atoms with E-state index in [-0.39, 0.29) is 5.97 Å². The summed E-state index contributed by atoms with van der Waals surface area (Å²) in [5.74, 6) is -0.0648. The lowest BCUT2D eigenvalue weighted by Crippen LogP contribution is -2.49. The zero-order valence-electron chi connectivity index (χ0n) is 30.7. The summed E-state index contributed by atoms with van der Waals surface area (Å²) < 4.78 is 9.14. The van der Waals surface area contributed by atoms with Gasteiger partial charge in [-0.15, -0.1) is 0 Å². The number of quaternary nitrogens is 1. The molecular weight excluding hydrogens is 603 g/mol. The highest BCUT2D eigenvalue weighted by atomic mass is 16.5. The first-order valence-corrected chi connectivity index (χ1v) is 18.6. The Morgan fingerprint density at radius 2 is 1.57 bits per heavy atom. The number of carbonyl (C=O) groups is 1. The molecule has 0 bridgehead atoms. The van der Waals surface area contributed by atoms with Crippen LogP contribution >= 0.6 is 0 Å². The monoisotopic (exact) mass is 662 g/mol. The number of esters is 1. The molecule has 0 amide bonds. The van der Waals surface area contributed by atoms with Crippen LogP contribution in [0, 0.1) is 13.8 Å². The minimum Gasteiger partial charge on any atom is -0.415 e. The van der Waals surface area contributed by atoms with Gasteiger partial charge in [0.25, 0.3) is 0 Å². The maximum Gasteiger partial charge on any atom is 0.310 e. The molecule has 4 rings (SSSR count). The predicted octanol–water partition coefficient (Wildman–Crippen LogP) is 10.6. The fourth-order valence-corrected chi connectivity index (χ4v) is 6.52. The van der Waals surface area contributed by atoms with Gasteiger partial charge in [-0.1, -0.05) is 91.8 Å². The van der Waals surface area contributed by atoms with Gasteiger partial charge in [-0.05, 0) is 95.4 Å². The third kappa shape index (κ3) is 12.8. The minimum atomic E-state index is -0.0648. The molecule has 0 radical (unpaired) electrons. The molecule has 0 aliphatic carbocycles. The van der Waals surface area contributed by atoms with Crippen LogP contribution in [-0.2, 0) is 35.5 Å². The molecule has 0 fully saturated rings. The topological polar surface area (TPSA) is 44.1 Å². The maximum atomic E-state index is 12.7. The van der Waals surface area contributed by atoms with E-state index in [4.69, 9.17) is 4.74 Å². The predicted molar refractivity (Wildman–Crippen MR) is 206 cm³/mol. The van der Waals surface area contributed by atoms with Crippen LogP contribution < -0.4 is 0 Å². The average molecular weight is 663 g/mol. The number of hydrogen-bond acceptors (Lipinski definition) is 3. The molecular formula is C44H60N3O2+. The number of unbranched alkanes of at least 4 members (excludes halogenated alkanes) is 3. The van der Waals surface area contributed by atoms with Crippen molar-refractivity contribution in [3.8, 4) is 0 Å². The van der Waals surface area contributed by atoms with E-state index < -0.39 is 0 Å². The highest BCUT2D eigenvalue weighted by Gasteiger charge is 2.34. The van der Waals surface area contributed by atoms with Crippen molar-refractivity contribution < 1.29 is 14.0 Å². The number of hydrogen-bond donors (Lipinski definition) is 0. The van der Waals surface area contributed by atoms with E-state index in [0.29, 0.717) is 13.2 Å². The van der Waals surface area contributed by atoms with Crippen LogP contribution in [0.4, 0.5) is 0 Å². The van der Waals surface area contributed by atoms with Crippen LogP contribution in [-0.4, -0.2) is 40.3 Å². The Balaban J connectivity index is 1.12. The number of carbonyl (C=O) groups excluding carboxylic acids is 1. The number of fused-ring (bicyclic) bond motifs is 3.